The van der Waals surface area contributed by atoms with Crippen LogP contribution >= 0.6 is 0 Å². The topological polar surface area (TPSA) is 26.3 Å². The summed E-state index contributed by atoms with van der Waals surface area (Å²) in [5.41, 5.74) is 10.5. The van der Waals surface area contributed by atoms with Crippen molar-refractivity contribution >= 4 is 54.5 Å². The highest BCUT2D eigenvalue weighted by Crippen LogP contribution is 2.50. The summed E-state index contributed by atoms with van der Waals surface area (Å²) < 4.78 is 13.5. The van der Waals surface area contributed by atoms with Crippen LogP contribution < -0.4 is 0 Å². The summed E-state index contributed by atoms with van der Waals surface area (Å²) in [4.78, 5) is 0. The van der Waals surface area contributed by atoms with Crippen LogP contribution in [0.2, 0.25) is 0 Å². The maximum absolute atomic E-state index is 6.88. The van der Waals surface area contributed by atoms with E-state index in [1.54, 1.807) is 0 Å². The lowest BCUT2D eigenvalue weighted by atomic mass is 9.84. The maximum atomic E-state index is 6.88. The number of furan rings is 2. The maximum Gasteiger partial charge on any atom is 0.144 e. The largest absolute Gasteiger partial charge is 0.455 e. The Hall–Kier alpha value is -6.38. The first-order chi connectivity index (χ1) is 23.8. The summed E-state index contributed by atoms with van der Waals surface area (Å²) in [5, 5.41) is 8.16. The molecule has 0 aliphatic heterocycles. The number of hydrogen-bond acceptors (Lipinski definition) is 2. The zero-order chi connectivity index (χ0) is 31.6. The molecule has 2 aromatic heterocycles. The molecule has 0 atom stereocenters. The van der Waals surface area contributed by atoms with Gasteiger partial charge in [-0.05, 0) is 62.0 Å². The summed E-state index contributed by atoms with van der Waals surface area (Å²) in [6, 6.07) is 60.0. The Morgan fingerprint density at radius 1 is 0.292 bits per heavy atom. The Kier molecular flexibility index (Phi) is 5.91. The van der Waals surface area contributed by atoms with Crippen molar-refractivity contribution in [1.29, 1.82) is 0 Å². The summed E-state index contributed by atoms with van der Waals surface area (Å²) in [6.45, 7) is 0. The number of benzene rings is 8. The van der Waals surface area contributed by atoms with Crippen LogP contribution in [0.5, 0.6) is 0 Å². The van der Waals surface area contributed by atoms with Crippen LogP contribution in [-0.2, 0) is 0 Å². The average Bonchev–Trinajstić information content (AvgIpc) is 3.74. The van der Waals surface area contributed by atoms with E-state index in [1.807, 2.05) is 24.3 Å². The second kappa shape index (κ2) is 10.6. The lowest BCUT2D eigenvalue weighted by molar-refractivity contribution is 0.632. The van der Waals surface area contributed by atoms with Crippen molar-refractivity contribution in [2.45, 2.75) is 0 Å². The van der Waals surface area contributed by atoms with Crippen molar-refractivity contribution in [2.75, 3.05) is 0 Å². The molecule has 0 saturated carbocycles. The molecule has 0 spiro atoms. The van der Waals surface area contributed by atoms with E-state index in [9.17, 15) is 0 Å². The van der Waals surface area contributed by atoms with Gasteiger partial charge >= 0.3 is 0 Å². The molecule has 0 fully saturated rings. The minimum Gasteiger partial charge on any atom is -0.455 e. The smallest absolute Gasteiger partial charge is 0.144 e. The number of rotatable bonds is 4. The fraction of sp³-hybridized carbons (Fsp3) is 0. The number of fused-ring (bicyclic) bond motifs is 6. The van der Waals surface area contributed by atoms with E-state index >= 15 is 0 Å². The predicted octanol–water partition coefficient (Wildman–Crippen LogP) is 13.3. The van der Waals surface area contributed by atoms with Gasteiger partial charge in [0.05, 0.1) is 0 Å². The first kappa shape index (κ1) is 26.8. The van der Waals surface area contributed by atoms with Gasteiger partial charge in [-0.3, -0.25) is 0 Å². The zero-order valence-electron chi connectivity index (χ0n) is 26.0. The molecule has 0 aliphatic carbocycles. The van der Waals surface area contributed by atoms with Crippen LogP contribution in [0.4, 0.5) is 0 Å². The highest BCUT2D eigenvalue weighted by molar-refractivity contribution is 6.27. The molecule has 0 N–H and O–H groups in total. The van der Waals surface area contributed by atoms with E-state index < -0.39 is 0 Å². The van der Waals surface area contributed by atoms with Gasteiger partial charge in [0.25, 0.3) is 0 Å². The molecule has 2 nitrogen and oxygen atoms in total. The molecule has 48 heavy (non-hydrogen) atoms. The molecule has 10 aromatic rings. The molecule has 0 aliphatic rings. The Morgan fingerprint density at radius 2 is 0.750 bits per heavy atom. The van der Waals surface area contributed by atoms with Crippen LogP contribution in [0.1, 0.15) is 0 Å². The second-order valence-corrected chi connectivity index (χ2v) is 12.3. The summed E-state index contributed by atoms with van der Waals surface area (Å²) in [6.07, 6.45) is 0. The van der Waals surface area contributed by atoms with Crippen molar-refractivity contribution in [1.82, 2.24) is 0 Å². The summed E-state index contributed by atoms with van der Waals surface area (Å²) in [7, 11) is 0. The summed E-state index contributed by atoms with van der Waals surface area (Å²) >= 11 is 0. The fourth-order valence-electron chi connectivity index (χ4n) is 7.67. The molecular weight excluding hydrogens is 585 g/mol. The Balaban J connectivity index is 1.36. The highest BCUT2D eigenvalue weighted by atomic mass is 16.3. The van der Waals surface area contributed by atoms with Gasteiger partial charge in [-0.25, -0.2) is 0 Å². The van der Waals surface area contributed by atoms with Crippen molar-refractivity contribution in [3.05, 3.63) is 170 Å². The van der Waals surface area contributed by atoms with Gasteiger partial charge in [0.2, 0.25) is 0 Å². The van der Waals surface area contributed by atoms with Gasteiger partial charge in [-0.1, -0.05) is 152 Å². The molecule has 10 rings (SSSR count). The molecule has 224 valence electrons. The molecule has 0 saturated heterocycles. The van der Waals surface area contributed by atoms with E-state index in [-0.39, 0.29) is 0 Å². The van der Waals surface area contributed by atoms with E-state index in [1.165, 1.54) is 38.2 Å². The number of hydrogen-bond donors (Lipinski definition) is 0. The van der Waals surface area contributed by atoms with Crippen LogP contribution in [-0.4, -0.2) is 0 Å². The Bertz CT molecular complexity index is 2760. The average molecular weight is 613 g/mol. The zero-order valence-corrected chi connectivity index (χ0v) is 26.0. The van der Waals surface area contributed by atoms with Crippen LogP contribution in [0.15, 0.2) is 179 Å². The SMILES string of the molecule is c1ccc(-c2oc3ccccc3c2-c2ccc(-c3c4ccccc4c(-c4ccccc4)c4ccccc34)c3c2oc2ccccc23)cc1. The lowest BCUT2D eigenvalue weighted by Crippen LogP contribution is -1.92. The third kappa shape index (κ3) is 3.93. The van der Waals surface area contributed by atoms with Gasteiger partial charge in [-0.2, -0.15) is 0 Å². The van der Waals surface area contributed by atoms with Gasteiger partial charge in [0.1, 0.15) is 22.5 Å². The normalized spacial score (nSPS) is 11.8. The standard InChI is InChI=1S/C46H28O2/c1-3-15-29(16-4-1)41-31-19-7-9-21-33(31)42(34-22-10-8-20-32(34)41)37-27-28-38(46-43(37)35-23-11-14-26-40(35)48-46)44-36-24-12-13-25-39(36)47-45(44)30-17-5-2-6-18-30/h1-28H. The van der Waals surface area contributed by atoms with Crippen LogP contribution in [0, 0.1) is 0 Å². The molecule has 0 radical (unpaired) electrons. The number of para-hydroxylation sites is 2. The van der Waals surface area contributed by atoms with E-state index in [2.05, 4.69) is 146 Å². The molecule has 2 heterocycles. The van der Waals surface area contributed by atoms with E-state index in [0.29, 0.717) is 0 Å². The van der Waals surface area contributed by atoms with Crippen LogP contribution in [0.3, 0.4) is 0 Å². The molecule has 0 bridgehead atoms. The van der Waals surface area contributed by atoms with Crippen molar-refractivity contribution in [3.8, 4) is 44.7 Å². The third-order valence-corrected chi connectivity index (χ3v) is 9.69. The van der Waals surface area contributed by atoms with Gasteiger partial charge in [-0.15, -0.1) is 0 Å². The molecular formula is C46H28O2. The highest BCUT2D eigenvalue weighted by Gasteiger charge is 2.25. The van der Waals surface area contributed by atoms with Crippen LogP contribution in [0.25, 0.3) is 99.2 Å². The van der Waals surface area contributed by atoms with E-state index in [4.69, 9.17) is 8.83 Å². The third-order valence-electron chi connectivity index (χ3n) is 9.69. The second-order valence-electron chi connectivity index (χ2n) is 12.3. The van der Waals surface area contributed by atoms with Gasteiger partial charge in [0, 0.05) is 32.8 Å². The van der Waals surface area contributed by atoms with E-state index in [0.717, 1.165) is 60.9 Å². The van der Waals surface area contributed by atoms with Gasteiger partial charge in [0.15, 0.2) is 0 Å². The van der Waals surface area contributed by atoms with Crippen molar-refractivity contribution < 1.29 is 8.83 Å². The minimum absolute atomic E-state index is 0.842. The fourth-order valence-corrected chi connectivity index (χ4v) is 7.67. The summed E-state index contributed by atoms with van der Waals surface area (Å²) in [5.74, 6) is 0.842. The van der Waals surface area contributed by atoms with Crippen molar-refractivity contribution in [2.24, 2.45) is 0 Å². The molecule has 0 unspecified atom stereocenters. The van der Waals surface area contributed by atoms with Crippen molar-refractivity contribution in [3.63, 3.8) is 0 Å². The monoisotopic (exact) mass is 612 g/mol. The van der Waals surface area contributed by atoms with Gasteiger partial charge < -0.3 is 8.83 Å². The predicted molar refractivity (Wildman–Crippen MR) is 200 cm³/mol. The molecule has 2 heteroatoms. The molecule has 8 aromatic carbocycles. The quantitative estimate of drug-likeness (QED) is 0.185. The molecule has 0 amide bonds. The lowest BCUT2D eigenvalue weighted by Gasteiger charge is -2.18. The Morgan fingerprint density at radius 3 is 1.38 bits per heavy atom. The first-order valence-electron chi connectivity index (χ1n) is 16.4. The minimum atomic E-state index is 0.842. The first-order valence-corrected chi connectivity index (χ1v) is 16.4. The Labute approximate surface area is 277 Å².